The molecule has 1 saturated heterocycles. The first-order chi connectivity index (χ1) is 12.1. The van der Waals surface area contributed by atoms with Crippen molar-refractivity contribution in [2.75, 3.05) is 6.61 Å². The van der Waals surface area contributed by atoms with E-state index in [0.717, 1.165) is 24.4 Å². The third-order valence-electron chi connectivity index (χ3n) is 5.44. The highest BCUT2D eigenvalue weighted by atomic mass is 16.5. The fourth-order valence-corrected chi connectivity index (χ4v) is 4.17. The Hall–Kier alpha value is -2.41. The maximum atomic E-state index is 12.4. The van der Waals surface area contributed by atoms with Crippen molar-refractivity contribution in [3.63, 3.8) is 0 Å². The molecule has 1 aliphatic heterocycles. The van der Waals surface area contributed by atoms with E-state index >= 15 is 0 Å². The molecule has 3 heterocycles. The molecule has 25 heavy (non-hydrogen) atoms. The van der Waals surface area contributed by atoms with Crippen LogP contribution in [0.3, 0.4) is 0 Å². The summed E-state index contributed by atoms with van der Waals surface area (Å²) in [6, 6.07) is 3.83. The van der Waals surface area contributed by atoms with Gasteiger partial charge in [0.1, 0.15) is 12.1 Å². The van der Waals surface area contributed by atoms with Crippen molar-refractivity contribution in [3.05, 3.63) is 42.6 Å². The first-order valence-electron chi connectivity index (χ1n) is 8.65. The van der Waals surface area contributed by atoms with Crippen LogP contribution in [-0.2, 0) is 11.3 Å². The molecule has 0 aromatic carbocycles. The number of hydrogen-bond acceptors (Lipinski definition) is 4. The van der Waals surface area contributed by atoms with Gasteiger partial charge in [0, 0.05) is 54.7 Å². The van der Waals surface area contributed by atoms with Crippen LogP contribution in [0.1, 0.15) is 25.8 Å². The average molecular weight is 341 g/mol. The molecule has 1 saturated carbocycles. The number of carbonyl (C=O) groups is 1. The number of carbonyl (C=O) groups excluding carboxylic acids is 1. The molecule has 7 nitrogen and oxygen atoms in total. The van der Waals surface area contributed by atoms with Crippen molar-refractivity contribution in [2.45, 2.75) is 39.0 Å². The second kappa shape index (κ2) is 6.15. The zero-order valence-electron chi connectivity index (χ0n) is 14.5. The molecular weight excluding hydrogens is 318 g/mol. The lowest BCUT2D eigenvalue weighted by Gasteiger charge is -2.54. The molecule has 3 atom stereocenters. The lowest BCUT2D eigenvalue weighted by Crippen LogP contribution is -2.67. The van der Waals surface area contributed by atoms with E-state index in [1.165, 1.54) is 0 Å². The molecule has 2 aromatic rings. The summed E-state index contributed by atoms with van der Waals surface area (Å²) in [6.45, 7) is 5.51. The molecule has 132 valence electrons. The van der Waals surface area contributed by atoms with Crippen molar-refractivity contribution < 1.29 is 9.53 Å². The Morgan fingerprint density at radius 3 is 3.12 bits per heavy atom. The topological polar surface area (TPSA) is 81.1 Å². The third kappa shape index (κ3) is 2.78. The number of rotatable bonds is 4. The summed E-state index contributed by atoms with van der Waals surface area (Å²) in [4.78, 5) is 20.8. The van der Waals surface area contributed by atoms with E-state index in [-0.39, 0.29) is 23.6 Å². The number of urea groups is 1. The number of aromatic nitrogens is 3. The largest absolute Gasteiger partial charge is 0.377 e. The van der Waals surface area contributed by atoms with Gasteiger partial charge in [0.25, 0.3) is 0 Å². The average Bonchev–Trinajstić information content (AvgIpc) is 3.28. The highest BCUT2D eigenvalue weighted by Crippen LogP contribution is 2.52. The zero-order chi connectivity index (χ0) is 17.4. The van der Waals surface area contributed by atoms with Gasteiger partial charge in [-0.1, -0.05) is 19.9 Å². The van der Waals surface area contributed by atoms with Gasteiger partial charge in [0.15, 0.2) is 0 Å². The maximum absolute atomic E-state index is 12.4. The third-order valence-corrected chi connectivity index (χ3v) is 5.44. The summed E-state index contributed by atoms with van der Waals surface area (Å²) < 4.78 is 7.61. The van der Waals surface area contributed by atoms with Crippen molar-refractivity contribution in [3.8, 4) is 5.82 Å². The standard InChI is InChI=1S/C18H23N5O2/c1-18(2)14(13-5-9-25-15(13)18)22-17(24)21-10-12-4-3-6-20-16(12)23-8-7-19-11-23/h3-4,6-8,11,13-15H,5,9-10H2,1-2H3,(H2,21,22,24)/t13-,14-,15+/m1/s1. The Bertz CT molecular complexity index is 759. The predicted octanol–water partition coefficient (Wildman–Crippen LogP) is 1.88. The highest BCUT2D eigenvalue weighted by Gasteiger charge is 2.59. The van der Waals surface area contributed by atoms with E-state index in [4.69, 9.17) is 4.74 Å². The van der Waals surface area contributed by atoms with Crippen LogP contribution in [0.25, 0.3) is 5.82 Å². The van der Waals surface area contributed by atoms with Crippen LogP contribution >= 0.6 is 0 Å². The second-order valence-corrected chi connectivity index (χ2v) is 7.33. The summed E-state index contributed by atoms with van der Waals surface area (Å²) >= 11 is 0. The molecule has 2 amide bonds. The number of ether oxygens (including phenoxy) is 1. The van der Waals surface area contributed by atoms with E-state index in [0.29, 0.717) is 12.5 Å². The summed E-state index contributed by atoms with van der Waals surface area (Å²) in [5.74, 6) is 1.20. The fourth-order valence-electron chi connectivity index (χ4n) is 4.17. The number of imidazole rings is 1. The van der Waals surface area contributed by atoms with Gasteiger partial charge in [0.2, 0.25) is 0 Å². The molecule has 2 N–H and O–H groups in total. The fraction of sp³-hybridized carbons (Fsp3) is 0.500. The Kier molecular flexibility index (Phi) is 3.95. The number of nitrogens with zero attached hydrogens (tertiary/aromatic N) is 3. The van der Waals surface area contributed by atoms with Gasteiger partial charge in [-0.05, 0) is 12.5 Å². The van der Waals surface area contributed by atoms with Gasteiger partial charge in [-0.2, -0.15) is 0 Å². The first kappa shape index (κ1) is 16.1. The molecule has 4 rings (SSSR count). The summed E-state index contributed by atoms with van der Waals surface area (Å²) in [5, 5.41) is 6.09. The Morgan fingerprint density at radius 2 is 2.32 bits per heavy atom. The summed E-state index contributed by atoms with van der Waals surface area (Å²) in [7, 11) is 0. The quantitative estimate of drug-likeness (QED) is 0.890. The predicted molar refractivity (Wildman–Crippen MR) is 92.1 cm³/mol. The molecule has 2 aliphatic rings. The van der Waals surface area contributed by atoms with Gasteiger partial charge < -0.3 is 15.4 Å². The Morgan fingerprint density at radius 1 is 1.44 bits per heavy atom. The lowest BCUT2D eigenvalue weighted by atomic mass is 9.57. The van der Waals surface area contributed by atoms with Crippen molar-refractivity contribution in [1.82, 2.24) is 25.2 Å². The number of nitrogens with one attached hydrogen (secondary N) is 2. The molecule has 2 aromatic heterocycles. The molecule has 0 radical (unpaired) electrons. The minimum absolute atomic E-state index is 0.0191. The monoisotopic (exact) mass is 341 g/mol. The van der Waals surface area contributed by atoms with E-state index in [2.05, 4.69) is 34.4 Å². The van der Waals surface area contributed by atoms with Crippen LogP contribution in [0, 0.1) is 11.3 Å². The number of hydrogen-bond donors (Lipinski definition) is 2. The molecule has 1 aliphatic carbocycles. The lowest BCUT2D eigenvalue weighted by molar-refractivity contribution is -0.108. The molecule has 0 spiro atoms. The van der Waals surface area contributed by atoms with E-state index in [1.807, 2.05) is 22.9 Å². The van der Waals surface area contributed by atoms with Crippen LogP contribution < -0.4 is 10.6 Å². The van der Waals surface area contributed by atoms with Crippen LogP contribution in [0.15, 0.2) is 37.1 Å². The van der Waals surface area contributed by atoms with Gasteiger partial charge in [-0.15, -0.1) is 0 Å². The molecule has 0 bridgehead atoms. The van der Waals surface area contributed by atoms with Crippen LogP contribution in [0.4, 0.5) is 4.79 Å². The smallest absolute Gasteiger partial charge is 0.315 e. The second-order valence-electron chi connectivity index (χ2n) is 7.33. The van der Waals surface area contributed by atoms with Gasteiger partial charge in [0.05, 0.1) is 6.10 Å². The van der Waals surface area contributed by atoms with Crippen molar-refractivity contribution in [1.29, 1.82) is 0 Å². The Balaban J connectivity index is 1.39. The maximum Gasteiger partial charge on any atom is 0.315 e. The van der Waals surface area contributed by atoms with Crippen molar-refractivity contribution >= 4 is 6.03 Å². The Labute approximate surface area is 146 Å². The molecule has 7 heteroatoms. The minimum Gasteiger partial charge on any atom is -0.377 e. The van der Waals surface area contributed by atoms with Gasteiger partial charge in [-0.3, -0.25) is 4.57 Å². The highest BCUT2D eigenvalue weighted by molar-refractivity contribution is 5.74. The van der Waals surface area contributed by atoms with E-state index < -0.39 is 0 Å². The molecular formula is C18H23N5O2. The van der Waals surface area contributed by atoms with E-state index in [9.17, 15) is 4.79 Å². The SMILES string of the molecule is CC1(C)[C@H](NC(=O)NCc2cccnc2-n2ccnc2)[C@H]2CCO[C@@H]21. The van der Waals surface area contributed by atoms with Crippen LogP contribution in [0.2, 0.25) is 0 Å². The van der Waals surface area contributed by atoms with Crippen molar-refractivity contribution in [2.24, 2.45) is 11.3 Å². The number of fused-ring (bicyclic) bond motifs is 1. The minimum atomic E-state index is -0.149. The van der Waals surface area contributed by atoms with E-state index in [1.54, 1.807) is 18.7 Å². The molecule has 2 fully saturated rings. The van der Waals surface area contributed by atoms with Crippen LogP contribution in [0.5, 0.6) is 0 Å². The molecule has 0 unspecified atom stereocenters. The summed E-state index contributed by atoms with van der Waals surface area (Å²) in [5.41, 5.74) is 0.917. The van der Waals surface area contributed by atoms with Gasteiger partial charge >= 0.3 is 6.03 Å². The number of pyridine rings is 1. The number of amides is 2. The van der Waals surface area contributed by atoms with Crippen LogP contribution in [-0.4, -0.2) is 39.3 Å². The zero-order valence-corrected chi connectivity index (χ0v) is 14.5. The summed E-state index contributed by atoms with van der Waals surface area (Å²) in [6.07, 6.45) is 8.26. The van der Waals surface area contributed by atoms with Gasteiger partial charge in [-0.25, -0.2) is 14.8 Å². The normalized spacial score (nSPS) is 26.6. The first-order valence-corrected chi connectivity index (χ1v) is 8.65.